The van der Waals surface area contributed by atoms with Crippen LogP contribution in [0.15, 0.2) is 30.3 Å². The second-order valence-corrected chi connectivity index (χ2v) is 6.59. The third-order valence-electron chi connectivity index (χ3n) is 3.83. The Morgan fingerprint density at radius 3 is 2.26 bits per heavy atom. The van der Waals surface area contributed by atoms with Crippen LogP contribution in [0.25, 0.3) is 0 Å². The molecule has 0 spiro atoms. The van der Waals surface area contributed by atoms with Crippen molar-refractivity contribution in [2.24, 2.45) is 0 Å². The number of halogens is 5. The van der Waals surface area contributed by atoms with Gasteiger partial charge >= 0.3 is 10.6 Å². The fourth-order valence-electron chi connectivity index (χ4n) is 2.64. The maximum Gasteiger partial charge on any atom is 0.396 e. The molecule has 1 aliphatic rings. The van der Waals surface area contributed by atoms with E-state index in [1.807, 2.05) is 5.48 Å². The Morgan fingerprint density at radius 1 is 1.17 bits per heavy atom. The van der Waals surface area contributed by atoms with Crippen molar-refractivity contribution in [2.75, 3.05) is 0 Å². The molecule has 128 valence electrons. The van der Waals surface area contributed by atoms with E-state index < -0.39 is 34.0 Å². The molecule has 9 heteroatoms. The van der Waals surface area contributed by atoms with Gasteiger partial charge in [0.15, 0.2) is 0 Å². The van der Waals surface area contributed by atoms with Gasteiger partial charge in [0, 0.05) is 0 Å². The Morgan fingerprint density at radius 2 is 1.74 bits per heavy atom. The van der Waals surface area contributed by atoms with E-state index in [1.54, 1.807) is 30.3 Å². The zero-order valence-electron chi connectivity index (χ0n) is 11.8. The lowest BCUT2D eigenvalue weighted by Crippen LogP contribution is -2.43. The van der Waals surface area contributed by atoms with E-state index in [-0.39, 0.29) is 0 Å². The van der Waals surface area contributed by atoms with Crippen LogP contribution in [-0.2, 0) is 14.5 Å². The molecule has 0 unspecified atom stereocenters. The van der Waals surface area contributed by atoms with Crippen molar-refractivity contribution in [3.8, 4) is 0 Å². The number of rotatable bonds is 6. The van der Waals surface area contributed by atoms with Crippen molar-refractivity contribution < 1.29 is 26.6 Å². The highest BCUT2D eigenvalue weighted by molar-refractivity contribution is 7.95. The number of hydrogen-bond acceptors (Lipinski definition) is 3. The highest BCUT2D eigenvalue weighted by atomic mass is 35.5. The minimum absolute atomic E-state index is 0.527. The molecule has 23 heavy (non-hydrogen) atoms. The summed E-state index contributed by atoms with van der Waals surface area (Å²) in [6.07, 6.45) is 2.65. The molecule has 0 bridgehead atoms. The molecule has 1 aliphatic carbocycles. The molecule has 0 saturated heterocycles. The Kier molecular flexibility index (Phi) is 5.48. The highest BCUT2D eigenvalue weighted by Gasteiger charge is 2.57. The molecule has 3 nitrogen and oxygen atoms in total. The molecule has 1 aromatic rings. The molecule has 0 aromatic heterocycles. The second-order valence-electron chi connectivity index (χ2n) is 5.27. The monoisotopic (exact) mass is 371 g/mol. The van der Waals surface area contributed by atoms with Crippen LogP contribution in [-0.4, -0.2) is 16.5 Å². The third-order valence-corrected chi connectivity index (χ3v) is 4.81. The van der Waals surface area contributed by atoms with Crippen LogP contribution in [0.3, 0.4) is 0 Å². The third kappa shape index (κ3) is 3.92. The lowest BCUT2D eigenvalue weighted by molar-refractivity contribution is -0.134. The second kappa shape index (κ2) is 6.86. The van der Waals surface area contributed by atoms with Gasteiger partial charge in [-0.1, -0.05) is 43.2 Å². The van der Waals surface area contributed by atoms with Gasteiger partial charge in [0.25, 0.3) is 5.91 Å². The fourth-order valence-corrected chi connectivity index (χ4v) is 3.05. The summed E-state index contributed by atoms with van der Waals surface area (Å²) >= 11 is 3.41. The summed E-state index contributed by atoms with van der Waals surface area (Å²) in [7, 11) is 0. The maximum atomic E-state index is 13.0. The first-order valence-electron chi connectivity index (χ1n) is 6.84. The first-order valence-corrected chi connectivity index (χ1v) is 7.96. The van der Waals surface area contributed by atoms with Gasteiger partial charge in [-0.25, -0.2) is 5.48 Å². The summed E-state index contributed by atoms with van der Waals surface area (Å²) in [5.74, 6) is -0.637. The molecule has 1 amide bonds. The highest BCUT2D eigenvalue weighted by Crippen LogP contribution is 2.46. The lowest BCUT2D eigenvalue weighted by atomic mass is 9.78. The zero-order chi connectivity index (χ0) is 17.1. The number of hydroxylamine groups is 1. The molecule has 0 aliphatic heterocycles. The molecule has 1 saturated carbocycles. The minimum Gasteiger partial charge on any atom is -0.272 e. The largest absolute Gasteiger partial charge is 0.396 e. The molecular weight excluding hydrogens is 358 g/mol. The SMILES string of the molecule is O=C(NOSC(F)(F)C(F)(F)Cl)C1(c2ccccc2)CCCC1. The van der Waals surface area contributed by atoms with Crippen LogP contribution in [0, 0.1) is 0 Å². The van der Waals surface area contributed by atoms with Crippen molar-refractivity contribution in [2.45, 2.75) is 41.7 Å². The molecule has 2 rings (SSSR count). The van der Waals surface area contributed by atoms with Gasteiger partial charge in [0.05, 0.1) is 5.41 Å². The van der Waals surface area contributed by atoms with Gasteiger partial charge in [-0.05, 0) is 30.0 Å². The summed E-state index contributed by atoms with van der Waals surface area (Å²) in [5, 5.41) is -9.45. The Bertz CT molecular complexity index is 547. The van der Waals surface area contributed by atoms with Gasteiger partial charge in [-0.15, -0.1) is 0 Å². The number of amides is 1. The average Bonchev–Trinajstić information content (AvgIpc) is 2.97. The first-order chi connectivity index (χ1) is 10.7. The van der Waals surface area contributed by atoms with E-state index in [0.717, 1.165) is 18.4 Å². The summed E-state index contributed by atoms with van der Waals surface area (Å²) in [6, 6.07) is 8.85. The number of alkyl halides is 5. The molecule has 0 heterocycles. The summed E-state index contributed by atoms with van der Waals surface area (Å²) in [6.45, 7) is 0. The summed E-state index contributed by atoms with van der Waals surface area (Å²) < 4.78 is 55.1. The molecule has 1 aromatic carbocycles. The van der Waals surface area contributed by atoms with Gasteiger partial charge in [0.2, 0.25) is 0 Å². The van der Waals surface area contributed by atoms with Gasteiger partial charge < -0.3 is 0 Å². The Labute approximate surface area is 139 Å². The summed E-state index contributed by atoms with van der Waals surface area (Å²) in [4.78, 5) is 12.4. The maximum absolute atomic E-state index is 13.0. The quantitative estimate of drug-likeness (QED) is 0.343. The van der Waals surface area contributed by atoms with Crippen molar-refractivity contribution in [3.05, 3.63) is 35.9 Å². The van der Waals surface area contributed by atoms with E-state index in [4.69, 9.17) is 0 Å². The number of carbonyl (C=O) groups excluding carboxylic acids is 1. The Hall–Kier alpha value is -0.990. The lowest BCUT2D eigenvalue weighted by Gasteiger charge is -2.28. The molecule has 1 fully saturated rings. The number of nitrogens with one attached hydrogen (secondary N) is 1. The van der Waals surface area contributed by atoms with E-state index in [1.165, 1.54) is 0 Å². The van der Waals surface area contributed by atoms with Crippen LogP contribution in [0.4, 0.5) is 17.6 Å². The fraction of sp³-hybridized carbons (Fsp3) is 0.500. The van der Waals surface area contributed by atoms with Crippen LogP contribution >= 0.6 is 23.6 Å². The molecule has 0 radical (unpaired) electrons. The average molecular weight is 372 g/mol. The predicted octanol–water partition coefficient (Wildman–Crippen LogP) is 4.62. The van der Waals surface area contributed by atoms with E-state index in [2.05, 4.69) is 15.9 Å². The number of benzene rings is 1. The van der Waals surface area contributed by atoms with Crippen LogP contribution in [0.2, 0.25) is 0 Å². The normalized spacial score (nSPS) is 18.0. The van der Waals surface area contributed by atoms with Crippen molar-refractivity contribution in [1.82, 2.24) is 5.48 Å². The number of hydrogen-bond donors (Lipinski definition) is 1. The first kappa shape index (κ1) is 18.4. The zero-order valence-corrected chi connectivity index (χ0v) is 13.4. The molecule has 1 N–H and O–H groups in total. The smallest absolute Gasteiger partial charge is 0.272 e. The van der Waals surface area contributed by atoms with Gasteiger partial charge in [0.1, 0.15) is 12.0 Å². The predicted molar refractivity (Wildman–Crippen MR) is 79.2 cm³/mol. The van der Waals surface area contributed by atoms with Crippen molar-refractivity contribution >= 4 is 29.6 Å². The minimum atomic E-state index is -4.78. The van der Waals surface area contributed by atoms with Gasteiger partial charge in [-0.3, -0.25) is 4.79 Å². The van der Waals surface area contributed by atoms with E-state index >= 15 is 0 Å². The van der Waals surface area contributed by atoms with Gasteiger partial charge in [-0.2, -0.15) is 21.8 Å². The van der Waals surface area contributed by atoms with Crippen LogP contribution < -0.4 is 5.48 Å². The summed E-state index contributed by atoms with van der Waals surface area (Å²) in [5.41, 5.74) is 1.68. The number of carbonyl (C=O) groups is 1. The topological polar surface area (TPSA) is 38.3 Å². The standard InChI is InChI=1S/C14H14ClF4NO2S/c15-13(16,17)14(18,19)23-22-20-11(21)12(8-4-5-9-12)10-6-2-1-3-7-10/h1-3,6-7H,4-5,8-9H2,(H,20,21). The molecule has 0 atom stereocenters. The van der Waals surface area contributed by atoms with Crippen LogP contribution in [0.1, 0.15) is 31.2 Å². The van der Waals surface area contributed by atoms with Crippen LogP contribution in [0.5, 0.6) is 0 Å². The van der Waals surface area contributed by atoms with Crippen molar-refractivity contribution in [1.29, 1.82) is 0 Å². The van der Waals surface area contributed by atoms with E-state index in [9.17, 15) is 22.4 Å². The Balaban J connectivity index is 2.04. The van der Waals surface area contributed by atoms with E-state index in [0.29, 0.717) is 12.8 Å². The van der Waals surface area contributed by atoms with Crippen molar-refractivity contribution in [3.63, 3.8) is 0 Å². The molecular formula is C14H14ClF4NO2S.